The van der Waals surface area contributed by atoms with Crippen LogP contribution >= 0.6 is 0 Å². The summed E-state index contributed by atoms with van der Waals surface area (Å²) in [5.41, 5.74) is 1.06. The summed E-state index contributed by atoms with van der Waals surface area (Å²) in [4.78, 5) is 29.0. The van der Waals surface area contributed by atoms with E-state index in [2.05, 4.69) is 19.9 Å². The van der Waals surface area contributed by atoms with Crippen LogP contribution in [-0.4, -0.2) is 77.4 Å². The molecule has 4 heterocycles. The standard InChI is InChI=1S/C21H23N5O3/c27-20(17-2-1-16-3-4-23-18(16)11-17)26-8-10-29-21(14-26)13-25(7-9-28-15-21)19-12-22-5-6-24-19/h1-6,11-12,23H,7-10,13-15H2/t21-/m0/s1. The summed E-state index contributed by atoms with van der Waals surface area (Å²) in [7, 11) is 0. The van der Waals surface area contributed by atoms with Crippen molar-refractivity contribution in [1.29, 1.82) is 0 Å². The molecule has 1 amide bonds. The van der Waals surface area contributed by atoms with Crippen LogP contribution in [0.3, 0.4) is 0 Å². The number of morpholine rings is 1. The molecule has 150 valence electrons. The highest BCUT2D eigenvalue weighted by atomic mass is 16.5. The maximum absolute atomic E-state index is 13.2. The van der Waals surface area contributed by atoms with Crippen LogP contribution in [0.15, 0.2) is 49.1 Å². The lowest BCUT2D eigenvalue weighted by molar-refractivity contribution is -0.124. The van der Waals surface area contributed by atoms with E-state index < -0.39 is 5.60 Å². The fourth-order valence-electron chi connectivity index (χ4n) is 4.12. The molecule has 0 radical (unpaired) electrons. The van der Waals surface area contributed by atoms with Crippen LogP contribution in [-0.2, 0) is 9.47 Å². The van der Waals surface area contributed by atoms with Gasteiger partial charge in [0.1, 0.15) is 11.4 Å². The van der Waals surface area contributed by atoms with E-state index in [0.717, 1.165) is 16.7 Å². The first-order valence-electron chi connectivity index (χ1n) is 9.82. The van der Waals surface area contributed by atoms with Crippen molar-refractivity contribution in [1.82, 2.24) is 19.9 Å². The number of aromatic amines is 1. The Labute approximate surface area is 168 Å². The van der Waals surface area contributed by atoms with Crippen molar-refractivity contribution in [3.63, 3.8) is 0 Å². The number of ether oxygens (including phenoxy) is 2. The second-order valence-electron chi connectivity index (χ2n) is 7.58. The molecule has 0 unspecified atom stereocenters. The Balaban J connectivity index is 1.37. The van der Waals surface area contributed by atoms with Gasteiger partial charge in [-0.3, -0.25) is 9.78 Å². The van der Waals surface area contributed by atoms with Crippen molar-refractivity contribution in [2.75, 3.05) is 50.9 Å². The average Bonchev–Trinajstić information content (AvgIpc) is 3.15. The van der Waals surface area contributed by atoms with Gasteiger partial charge in [0.05, 0.1) is 39.1 Å². The lowest BCUT2D eigenvalue weighted by atomic mass is 10.0. The summed E-state index contributed by atoms with van der Waals surface area (Å²) in [6, 6.07) is 7.77. The van der Waals surface area contributed by atoms with Gasteiger partial charge in [0, 0.05) is 42.8 Å². The number of carbonyl (C=O) groups is 1. The van der Waals surface area contributed by atoms with Gasteiger partial charge in [0.15, 0.2) is 0 Å². The van der Waals surface area contributed by atoms with Crippen LogP contribution in [0.2, 0.25) is 0 Å². The molecule has 2 aromatic heterocycles. The van der Waals surface area contributed by atoms with E-state index in [1.165, 1.54) is 0 Å². The molecule has 2 fully saturated rings. The van der Waals surface area contributed by atoms with Gasteiger partial charge in [0.25, 0.3) is 5.91 Å². The van der Waals surface area contributed by atoms with Crippen LogP contribution in [0, 0.1) is 0 Å². The third-order valence-electron chi connectivity index (χ3n) is 5.56. The summed E-state index contributed by atoms with van der Waals surface area (Å²) in [5.74, 6) is 0.807. The maximum Gasteiger partial charge on any atom is 0.254 e. The summed E-state index contributed by atoms with van der Waals surface area (Å²) in [6.07, 6.45) is 6.97. The zero-order valence-corrected chi connectivity index (χ0v) is 16.1. The fourth-order valence-corrected chi connectivity index (χ4v) is 4.12. The number of nitrogens with one attached hydrogen (secondary N) is 1. The first-order chi connectivity index (χ1) is 14.2. The number of carbonyl (C=O) groups excluding carboxylic acids is 1. The highest BCUT2D eigenvalue weighted by Crippen LogP contribution is 2.26. The minimum absolute atomic E-state index is 0.0134. The normalized spacial score (nSPS) is 22.8. The molecule has 0 saturated carbocycles. The highest BCUT2D eigenvalue weighted by Gasteiger charge is 2.42. The highest BCUT2D eigenvalue weighted by molar-refractivity contribution is 5.98. The Bertz CT molecular complexity index is 1010. The smallest absolute Gasteiger partial charge is 0.254 e. The van der Waals surface area contributed by atoms with E-state index in [9.17, 15) is 4.79 Å². The van der Waals surface area contributed by atoms with E-state index in [1.807, 2.05) is 35.4 Å². The predicted octanol–water partition coefficient (Wildman–Crippen LogP) is 1.71. The zero-order chi connectivity index (χ0) is 19.7. The Hall–Kier alpha value is -2.97. The van der Waals surface area contributed by atoms with Gasteiger partial charge in [-0.2, -0.15) is 0 Å². The molecule has 0 aliphatic carbocycles. The topological polar surface area (TPSA) is 83.6 Å². The number of nitrogens with zero attached hydrogens (tertiary/aromatic N) is 4. The molecule has 3 aromatic rings. The molecule has 1 N–H and O–H groups in total. The molecule has 0 bridgehead atoms. The van der Waals surface area contributed by atoms with Gasteiger partial charge >= 0.3 is 0 Å². The summed E-state index contributed by atoms with van der Waals surface area (Å²) in [5, 5.41) is 1.09. The first kappa shape index (κ1) is 18.1. The van der Waals surface area contributed by atoms with Gasteiger partial charge in [-0.15, -0.1) is 0 Å². The molecule has 2 aliphatic heterocycles. The Kier molecular flexibility index (Phi) is 4.65. The molecule has 8 nitrogen and oxygen atoms in total. The number of amides is 1. The number of aromatic nitrogens is 3. The largest absolute Gasteiger partial charge is 0.376 e. The van der Waals surface area contributed by atoms with Crippen molar-refractivity contribution in [2.45, 2.75) is 5.60 Å². The summed E-state index contributed by atoms with van der Waals surface area (Å²) in [6.45, 7) is 3.86. The second-order valence-corrected chi connectivity index (χ2v) is 7.58. The molecule has 1 atom stereocenters. The zero-order valence-electron chi connectivity index (χ0n) is 16.1. The van der Waals surface area contributed by atoms with E-state index in [0.29, 0.717) is 51.6 Å². The number of hydrogen-bond acceptors (Lipinski definition) is 6. The van der Waals surface area contributed by atoms with Gasteiger partial charge < -0.3 is 24.3 Å². The molecule has 2 aliphatic rings. The van der Waals surface area contributed by atoms with E-state index in [-0.39, 0.29) is 5.91 Å². The van der Waals surface area contributed by atoms with E-state index >= 15 is 0 Å². The molecule has 1 aromatic carbocycles. The van der Waals surface area contributed by atoms with Gasteiger partial charge in [-0.25, -0.2) is 4.98 Å². The number of H-pyrrole nitrogens is 1. The monoisotopic (exact) mass is 393 g/mol. The third-order valence-corrected chi connectivity index (χ3v) is 5.56. The molecule has 29 heavy (non-hydrogen) atoms. The Morgan fingerprint density at radius 1 is 1.14 bits per heavy atom. The van der Waals surface area contributed by atoms with Crippen LogP contribution in [0.1, 0.15) is 10.4 Å². The number of anilines is 1. The fraction of sp³-hybridized carbons (Fsp3) is 0.381. The molecule has 2 saturated heterocycles. The SMILES string of the molecule is O=C(c1ccc2cc[nH]c2c1)N1CCO[C@]2(COCCN(c3cnccn3)C2)C1. The van der Waals surface area contributed by atoms with Crippen molar-refractivity contribution in [3.05, 3.63) is 54.6 Å². The van der Waals surface area contributed by atoms with Crippen molar-refractivity contribution < 1.29 is 14.3 Å². The van der Waals surface area contributed by atoms with E-state index in [1.54, 1.807) is 18.6 Å². The molecular formula is C21H23N5O3. The van der Waals surface area contributed by atoms with Crippen molar-refractivity contribution in [3.8, 4) is 0 Å². The minimum Gasteiger partial charge on any atom is -0.376 e. The van der Waals surface area contributed by atoms with Crippen LogP contribution in [0.4, 0.5) is 5.82 Å². The van der Waals surface area contributed by atoms with Crippen LogP contribution < -0.4 is 4.90 Å². The first-order valence-corrected chi connectivity index (χ1v) is 9.82. The maximum atomic E-state index is 13.2. The lowest BCUT2D eigenvalue weighted by Crippen LogP contribution is -2.60. The second kappa shape index (κ2) is 7.46. The Morgan fingerprint density at radius 3 is 3.00 bits per heavy atom. The average molecular weight is 393 g/mol. The van der Waals surface area contributed by atoms with Gasteiger partial charge in [0.2, 0.25) is 0 Å². The number of benzene rings is 1. The van der Waals surface area contributed by atoms with Crippen molar-refractivity contribution >= 4 is 22.6 Å². The number of fused-ring (bicyclic) bond motifs is 1. The molecular weight excluding hydrogens is 370 g/mol. The lowest BCUT2D eigenvalue weighted by Gasteiger charge is -2.43. The van der Waals surface area contributed by atoms with Crippen molar-refractivity contribution in [2.24, 2.45) is 0 Å². The Morgan fingerprint density at radius 2 is 2.10 bits per heavy atom. The number of rotatable bonds is 2. The molecule has 8 heteroatoms. The van der Waals surface area contributed by atoms with Crippen LogP contribution in [0.5, 0.6) is 0 Å². The van der Waals surface area contributed by atoms with Gasteiger partial charge in [-0.1, -0.05) is 6.07 Å². The quantitative estimate of drug-likeness (QED) is 0.714. The number of hydrogen-bond donors (Lipinski definition) is 1. The molecule has 1 spiro atoms. The third kappa shape index (κ3) is 3.56. The summed E-state index contributed by atoms with van der Waals surface area (Å²) < 4.78 is 12.1. The molecule has 5 rings (SSSR count). The summed E-state index contributed by atoms with van der Waals surface area (Å²) >= 11 is 0. The van der Waals surface area contributed by atoms with E-state index in [4.69, 9.17) is 9.47 Å². The predicted molar refractivity (Wildman–Crippen MR) is 108 cm³/mol. The van der Waals surface area contributed by atoms with Gasteiger partial charge in [-0.05, 0) is 23.6 Å². The minimum atomic E-state index is -0.585. The van der Waals surface area contributed by atoms with Crippen LogP contribution in [0.25, 0.3) is 10.9 Å².